The molecule has 0 unspecified atom stereocenters. The van der Waals surface area contributed by atoms with Crippen molar-refractivity contribution in [2.24, 2.45) is 0 Å². The molecule has 21 heavy (non-hydrogen) atoms. The Labute approximate surface area is 123 Å². The standard InChI is InChI=1S/C15H20N2O4/c1-15(2,3)17-13(19)9-12(18)16-11-7-5-6-10(8-11)14(20)21-4/h5-8H,9H2,1-4H3,(H,16,18)(H,17,19). The summed E-state index contributed by atoms with van der Waals surface area (Å²) in [5.74, 6) is -1.29. The summed E-state index contributed by atoms with van der Waals surface area (Å²) in [6, 6.07) is 6.32. The molecule has 114 valence electrons. The van der Waals surface area contributed by atoms with Gasteiger partial charge < -0.3 is 15.4 Å². The van der Waals surface area contributed by atoms with Crippen molar-refractivity contribution < 1.29 is 19.1 Å². The van der Waals surface area contributed by atoms with Crippen molar-refractivity contribution in [2.45, 2.75) is 32.7 Å². The second-order valence-electron chi connectivity index (χ2n) is 5.60. The lowest BCUT2D eigenvalue weighted by molar-refractivity contribution is -0.127. The van der Waals surface area contributed by atoms with Crippen molar-refractivity contribution in [1.29, 1.82) is 0 Å². The summed E-state index contributed by atoms with van der Waals surface area (Å²) in [6.45, 7) is 5.51. The van der Waals surface area contributed by atoms with Crippen LogP contribution in [-0.4, -0.2) is 30.4 Å². The molecule has 6 nitrogen and oxygen atoms in total. The van der Waals surface area contributed by atoms with Gasteiger partial charge in [-0.2, -0.15) is 0 Å². The molecule has 0 bridgehead atoms. The van der Waals surface area contributed by atoms with Gasteiger partial charge >= 0.3 is 5.97 Å². The molecule has 1 aromatic carbocycles. The molecule has 0 aromatic heterocycles. The largest absolute Gasteiger partial charge is 0.465 e. The maximum absolute atomic E-state index is 11.8. The number of nitrogens with one attached hydrogen (secondary N) is 2. The number of amides is 2. The number of methoxy groups -OCH3 is 1. The number of rotatable bonds is 4. The van der Waals surface area contributed by atoms with Crippen molar-refractivity contribution in [3.8, 4) is 0 Å². The molecule has 0 aliphatic heterocycles. The van der Waals surface area contributed by atoms with Crippen LogP contribution < -0.4 is 10.6 Å². The molecule has 0 atom stereocenters. The minimum Gasteiger partial charge on any atom is -0.465 e. The van der Waals surface area contributed by atoms with Gasteiger partial charge in [-0.1, -0.05) is 6.07 Å². The number of carbonyl (C=O) groups is 3. The molecular weight excluding hydrogens is 272 g/mol. The first-order valence-corrected chi connectivity index (χ1v) is 6.50. The highest BCUT2D eigenvalue weighted by atomic mass is 16.5. The second kappa shape index (κ2) is 6.88. The fraction of sp³-hybridized carbons (Fsp3) is 0.400. The normalized spacial score (nSPS) is 10.7. The Morgan fingerprint density at radius 1 is 1.14 bits per heavy atom. The number of ether oxygens (including phenoxy) is 1. The summed E-state index contributed by atoms with van der Waals surface area (Å²) >= 11 is 0. The van der Waals surface area contributed by atoms with E-state index in [0.717, 1.165) is 0 Å². The van der Waals surface area contributed by atoms with Crippen molar-refractivity contribution >= 4 is 23.5 Å². The second-order valence-corrected chi connectivity index (χ2v) is 5.60. The summed E-state index contributed by atoms with van der Waals surface area (Å²) in [6.07, 6.45) is -0.278. The number of carbonyl (C=O) groups excluding carboxylic acids is 3. The highest BCUT2D eigenvalue weighted by molar-refractivity contribution is 6.04. The molecule has 1 rings (SSSR count). The van der Waals surface area contributed by atoms with Crippen LogP contribution in [0.5, 0.6) is 0 Å². The topological polar surface area (TPSA) is 84.5 Å². The molecule has 0 fully saturated rings. The van der Waals surface area contributed by atoms with E-state index in [-0.39, 0.29) is 17.9 Å². The number of anilines is 1. The first-order valence-electron chi connectivity index (χ1n) is 6.50. The summed E-state index contributed by atoms with van der Waals surface area (Å²) < 4.78 is 4.60. The van der Waals surface area contributed by atoms with E-state index in [2.05, 4.69) is 15.4 Å². The van der Waals surface area contributed by atoms with Crippen LogP contribution >= 0.6 is 0 Å². The van der Waals surface area contributed by atoms with Crippen molar-refractivity contribution in [2.75, 3.05) is 12.4 Å². The first kappa shape index (κ1) is 16.7. The highest BCUT2D eigenvalue weighted by Gasteiger charge is 2.16. The van der Waals surface area contributed by atoms with E-state index in [1.807, 2.05) is 20.8 Å². The maximum atomic E-state index is 11.8. The molecule has 0 radical (unpaired) electrons. The fourth-order valence-electron chi connectivity index (χ4n) is 1.66. The zero-order chi connectivity index (χ0) is 16.0. The average molecular weight is 292 g/mol. The third kappa shape index (κ3) is 6.07. The SMILES string of the molecule is COC(=O)c1cccc(NC(=O)CC(=O)NC(C)(C)C)c1. The quantitative estimate of drug-likeness (QED) is 0.653. The molecule has 1 aromatic rings. The monoisotopic (exact) mass is 292 g/mol. The fourth-order valence-corrected chi connectivity index (χ4v) is 1.66. The maximum Gasteiger partial charge on any atom is 0.337 e. The summed E-state index contributed by atoms with van der Waals surface area (Å²) in [4.78, 5) is 34.8. The molecule has 0 heterocycles. The van der Waals surface area contributed by atoms with Gasteiger partial charge in [0, 0.05) is 11.2 Å². The molecule has 0 saturated carbocycles. The van der Waals surface area contributed by atoms with Gasteiger partial charge in [-0.25, -0.2) is 4.79 Å². The molecule has 2 amide bonds. The Balaban J connectivity index is 2.63. The third-order valence-electron chi connectivity index (χ3n) is 2.40. The van der Waals surface area contributed by atoms with E-state index in [1.54, 1.807) is 18.2 Å². The third-order valence-corrected chi connectivity index (χ3v) is 2.40. The van der Waals surface area contributed by atoms with Gasteiger partial charge in [-0.15, -0.1) is 0 Å². The van der Waals surface area contributed by atoms with Crippen LogP contribution in [0.3, 0.4) is 0 Å². The van der Waals surface area contributed by atoms with Crippen LogP contribution in [-0.2, 0) is 14.3 Å². The zero-order valence-corrected chi connectivity index (χ0v) is 12.6. The minimum atomic E-state index is -0.489. The van der Waals surface area contributed by atoms with Crippen LogP contribution in [0.15, 0.2) is 24.3 Å². The van der Waals surface area contributed by atoms with Gasteiger partial charge in [0.15, 0.2) is 0 Å². The average Bonchev–Trinajstić information content (AvgIpc) is 2.35. The lowest BCUT2D eigenvalue weighted by atomic mass is 10.1. The Hall–Kier alpha value is -2.37. The first-order chi connectivity index (χ1) is 9.71. The van der Waals surface area contributed by atoms with Gasteiger partial charge in [0.25, 0.3) is 0 Å². The molecule has 6 heteroatoms. The lowest BCUT2D eigenvalue weighted by Crippen LogP contribution is -2.41. The predicted molar refractivity (Wildman–Crippen MR) is 78.9 cm³/mol. The van der Waals surface area contributed by atoms with E-state index in [4.69, 9.17) is 0 Å². The summed E-state index contributed by atoms with van der Waals surface area (Å²) in [5, 5.41) is 5.27. The Morgan fingerprint density at radius 3 is 2.38 bits per heavy atom. The molecule has 0 saturated heterocycles. The molecule has 0 aliphatic rings. The summed E-state index contributed by atoms with van der Waals surface area (Å²) in [7, 11) is 1.28. The molecule has 0 aliphatic carbocycles. The van der Waals surface area contributed by atoms with Crippen LogP contribution in [0, 0.1) is 0 Å². The summed E-state index contributed by atoms with van der Waals surface area (Å²) in [5.41, 5.74) is 0.378. The zero-order valence-electron chi connectivity index (χ0n) is 12.6. The van der Waals surface area contributed by atoms with Crippen LogP contribution in [0.4, 0.5) is 5.69 Å². The molecule has 0 spiro atoms. The van der Waals surface area contributed by atoms with Gasteiger partial charge in [-0.05, 0) is 39.0 Å². The molecular formula is C15H20N2O4. The van der Waals surface area contributed by atoms with E-state index in [9.17, 15) is 14.4 Å². The Bertz CT molecular complexity index is 547. The van der Waals surface area contributed by atoms with Crippen molar-refractivity contribution in [1.82, 2.24) is 5.32 Å². The van der Waals surface area contributed by atoms with Crippen molar-refractivity contribution in [3.63, 3.8) is 0 Å². The van der Waals surface area contributed by atoms with Crippen LogP contribution in [0.25, 0.3) is 0 Å². The van der Waals surface area contributed by atoms with E-state index in [1.165, 1.54) is 13.2 Å². The van der Waals surface area contributed by atoms with E-state index in [0.29, 0.717) is 11.3 Å². The number of benzene rings is 1. The van der Waals surface area contributed by atoms with E-state index < -0.39 is 11.9 Å². The van der Waals surface area contributed by atoms with E-state index >= 15 is 0 Å². The Morgan fingerprint density at radius 2 is 1.81 bits per heavy atom. The number of hydrogen-bond acceptors (Lipinski definition) is 4. The number of hydrogen-bond donors (Lipinski definition) is 2. The van der Waals surface area contributed by atoms with Gasteiger partial charge in [0.1, 0.15) is 6.42 Å². The van der Waals surface area contributed by atoms with Gasteiger partial charge in [0.2, 0.25) is 11.8 Å². The highest BCUT2D eigenvalue weighted by Crippen LogP contribution is 2.12. The van der Waals surface area contributed by atoms with Crippen LogP contribution in [0.1, 0.15) is 37.6 Å². The smallest absolute Gasteiger partial charge is 0.337 e. The van der Waals surface area contributed by atoms with Gasteiger partial charge in [0.05, 0.1) is 12.7 Å². The van der Waals surface area contributed by atoms with Crippen LogP contribution in [0.2, 0.25) is 0 Å². The Kier molecular flexibility index (Phi) is 5.46. The van der Waals surface area contributed by atoms with Crippen molar-refractivity contribution in [3.05, 3.63) is 29.8 Å². The number of esters is 1. The lowest BCUT2D eigenvalue weighted by Gasteiger charge is -2.20. The van der Waals surface area contributed by atoms with Gasteiger partial charge in [-0.3, -0.25) is 9.59 Å². The molecule has 2 N–H and O–H groups in total. The predicted octanol–water partition coefficient (Wildman–Crippen LogP) is 1.72. The minimum absolute atomic E-state index is 0.278.